The van der Waals surface area contributed by atoms with E-state index in [1.807, 2.05) is 18.2 Å². The molecule has 25 heavy (non-hydrogen) atoms. The maximum Gasteiger partial charge on any atom is 0.223 e. The minimum atomic E-state index is 0.260. The first-order valence-corrected chi connectivity index (χ1v) is 9.82. The maximum atomic E-state index is 12.7. The van der Waals surface area contributed by atoms with Crippen molar-refractivity contribution >= 4 is 27.5 Å². The minimum absolute atomic E-state index is 0.260. The summed E-state index contributed by atoms with van der Waals surface area (Å²) in [5.41, 5.74) is 2.33. The molecular formula is C21H22N2OS. The monoisotopic (exact) mass is 350 g/mol. The summed E-state index contributed by atoms with van der Waals surface area (Å²) >= 11 is 1.74. The van der Waals surface area contributed by atoms with Crippen LogP contribution in [0.5, 0.6) is 0 Å². The Morgan fingerprint density at radius 3 is 2.76 bits per heavy atom. The molecule has 1 fully saturated rings. The van der Waals surface area contributed by atoms with E-state index in [0.717, 1.165) is 42.8 Å². The van der Waals surface area contributed by atoms with Crippen molar-refractivity contribution in [3.63, 3.8) is 0 Å². The zero-order valence-electron chi connectivity index (χ0n) is 14.2. The molecule has 0 radical (unpaired) electrons. The van der Waals surface area contributed by atoms with Gasteiger partial charge in [0.15, 0.2) is 0 Å². The lowest BCUT2D eigenvalue weighted by Crippen LogP contribution is -2.30. The van der Waals surface area contributed by atoms with Gasteiger partial charge in [0.1, 0.15) is 0 Å². The summed E-state index contributed by atoms with van der Waals surface area (Å²) in [6.07, 6.45) is 4.54. The SMILES string of the molecule is O=C(CCCc1nc2ccccc2s1)N1CCCC1c1ccccc1. The number of likely N-dealkylation sites (tertiary alicyclic amines) is 1. The number of nitrogens with zero attached hydrogens (tertiary/aromatic N) is 2. The van der Waals surface area contributed by atoms with E-state index in [-0.39, 0.29) is 11.9 Å². The number of thiazole rings is 1. The van der Waals surface area contributed by atoms with Crippen molar-refractivity contribution in [2.45, 2.75) is 38.1 Å². The van der Waals surface area contributed by atoms with Crippen LogP contribution in [0.15, 0.2) is 54.6 Å². The summed E-state index contributed by atoms with van der Waals surface area (Å²) in [5, 5.41) is 1.13. The van der Waals surface area contributed by atoms with Crippen LogP contribution in [-0.4, -0.2) is 22.3 Å². The Bertz CT molecular complexity index is 825. The number of rotatable bonds is 5. The van der Waals surface area contributed by atoms with Gasteiger partial charge in [-0.15, -0.1) is 11.3 Å². The number of hydrogen-bond acceptors (Lipinski definition) is 3. The molecule has 0 saturated carbocycles. The van der Waals surface area contributed by atoms with Gasteiger partial charge in [-0.1, -0.05) is 42.5 Å². The Hall–Kier alpha value is -2.20. The number of fused-ring (bicyclic) bond motifs is 1. The molecule has 1 atom stereocenters. The summed E-state index contributed by atoms with van der Waals surface area (Å²) in [7, 11) is 0. The first-order valence-electron chi connectivity index (χ1n) is 9.00. The summed E-state index contributed by atoms with van der Waals surface area (Å²) in [6.45, 7) is 0.888. The molecule has 3 nitrogen and oxygen atoms in total. The van der Waals surface area contributed by atoms with Crippen LogP contribution in [0.3, 0.4) is 0 Å². The highest BCUT2D eigenvalue weighted by molar-refractivity contribution is 7.18. The lowest BCUT2D eigenvalue weighted by atomic mass is 10.0. The molecule has 4 rings (SSSR count). The largest absolute Gasteiger partial charge is 0.336 e. The fourth-order valence-corrected chi connectivity index (χ4v) is 4.66. The zero-order valence-corrected chi connectivity index (χ0v) is 15.0. The van der Waals surface area contributed by atoms with Crippen molar-refractivity contribution in [3.8, 4) is 0 Å². The third-order valence-electron chi connectivity index (χ3n) is 4.88. The molecule has 1 amide bonds. The molecule has 1 aliphatic rings. The highest BCUT2D eigenvalue weighted by atomic mass is 32.1. The average Bonchev–Trinajstić information content (AvgIpc) is 3.29. The van der Waals surface area contributed by atoms with Crippen LogP contribution in [0.4, 0.5) is 0 Å². The lowest BCUT2D eigenvalue weighted by Gasteiger charge is -2.25. The molecular weight excluding hydrogens is 328 g/mol. The molecule has 2 heterocycles. The normalized spacial score (nSPS) is 17.3. The van der Waals surface area contributed by atoms with Crippen molar-refractivity contribution < 1.29 is 4.79 Å². The van der Waals surface area contributed by atoms with Crippen LogP contribution in [0.2, 0.25) is 0 Å². The number of para-hydroxylation sites is 1. The molecule has 128 valence electrons. The fourth-order valence-electron chi connectivity index (χ4n) is 3.65. The number of carbonyl (C=O) groups excluding carboxylic acids is 1. The highest BCUT2D eigenvalue weighted by Gasteiger charge is 2.29. The third-order valence-corrected chi connectivity index (χ3v) is 5.97. The lowest BCUT2D eigenvalue weighted by molar-refractivity contribution is -0.132. The summed E-state index contributed by atoms with van der Waals surface area (Å²) < 4.78 is 1.23. The van der Waals surface area contributed by atoms with Gasteiger partial charge in [-0.25, -0.2) is 4.98 Å². The van der Waals surface area contributed by atoms with E-state index >= 15 is 0 Å². The van der Waals surface area contributed by atoms with Crippen molar-refractivity contribution in [3.05, 3.63) is 65.2 Å². The molecule has 0 N–H and O–H groups in total. The van der Waals surface area contributed by atoms with Gasteiger partial charge in [0.2, 0.25) is 5.91 Å². The Labute approximate surface area is 152 Å². The van der Waals surface area contributed by atoms with Crippen LogP contribution in [0.25, 0.3) is 10.2 Å². The van der Waals surface area contributed by atoms with Crippen molar-refractivity contribution in [1.82, 2.24) is 9.88 Å². The van der Waals surface area contributed by atoms with E-state index in [9.17, 15) is 4.79 Å². The maximum absolute atomic E-state index is 12.7. The van der Waals surface area contributed by atoms with Gasteiger partial charge < -0.3 is 4.90 Å². The predicted octanol–water partition coefficient (Wildman–Crippen LogP) is 4.98. The van der Waals surface area contributed by atoms with Gasteiger partial charge in [0.25, 0.3) is 0 Å². The minimum Gasteiger partial charge on any atom is -0.336 e. The van der Waals surface area contributed by atoms with Crippen LogP contribution >= 0.6 is 11.3 Å². The first kappa shape index (κ1) is 16.3. The Balaban J connectivity index is 1.35. The van der Waals surface area contributed by atoms with Gasteiger partial charge in [-0.05, 0) is 43.4 Å². The molecule has 1 aliphatic heterocycles. The van der Waals surface area contributed by atoms with Gasteiger partial charge >= 0.3 is 0 Å². The zero-order chi connectivity index (χ0) is 17.1. The molecule has 1 aromatic heterocycles. The molecule has 1 unspecified atom stereocenters. The molecule has 2 aromatic carbocycles. The van der Waals surface area contributed by atoms with E-state index in [1.165, 1.54) is 10.3 Å². The number of aromatic nitrogens is 1. The van der Waals surface area contributed by atoms with Crippen LogP contribution < -0.4 is 0 Å². The van der Waals surface area contributed by atoms with Crippen LogP contribution in [0, 0.1) is 0 Å². The average molecular weight is 350 g/mol. The van der Waals surface area contributed by atoms with E-state index in [0.29, 0.717) is 6.42 Å². The van der Waals surface area contributed by atoms with Crippen LogP contribution in [0.1, 0.15) is 42.3 Å². The Morgan fingerprint density at radius 1 is 1.12 bits per heavy atom. The van der Waals surface area contributed by atoms with Gasteiger partial charge in [-0.2, -0.15) is 0 Å². The van der Waals surface area contributed by atoms with E-state index in [2.05, 4.69) is 46.3 Å². The summed E-state index contributed by atoms with van der Waals surface area (Å²) in [6, 6.07) is 18.9. The smallest absolute Gasteiger partial charge is 0.223 e. The Morgan fingerprint density at radius 2 is 1.92 bits per heavy atom. The third kappa shape index (κ3) is 3.59. The standard InChI is InChI=1S/C21H22N2OS/c24-21(23-15-7-11-18(23)16-8-2-1-3-9-16)14-6-13-20-22-17-10-4-5-12-19(17)25-20/h1-5,8-10,12,18H,6-7,11,13-15H2. The van der Waals surface area contributed by atoms with E-state index in [1.54, 1.807) is 11.3 Å². The molecule has 3 aromatic rings. The van der Waals surface area contributed by atoms with Gasteiger partial charge in [0, 0.05) is 13.0 Å². The quantitative estimate of drug-likeness (QED) is 0.650. The number of carbonyl (C=O) groups is 1. The molecule has 1 saturated heterocycles. The number of aryl methyl sites for hydroxylation is 1. The molecule has 0 bridgehead atoms. The van der Waals surface area contributed by atoms with E-state index in [4.69, 9.17) is 0 Å². The summed E-state index contributed by atoms with van der Waals surface area (Å²) in [5.74, 6) is 0.285. The van der Waals surface area contributed by atoms with Gasteiger partial charge in [-0.3, -0.25) is 4.79 Å². The predicted molar refractivity (Wildman–Crippen MR) is 103 cm³/mol. The topological polar surface area (TPSA) is 33.2 Å². The van der Waals surface area contributed by atoms with Crippen molar-refractivity contribution in [2.24, 2.45) is 0 Å². The fraction of sp³-hybridized carbons (Fsp3) is 0.333. The summed E-state index contributed by atoms with van der Waals surface area (Å²) in [4.78, 5) is 19.4. The second-order valence-corrected chi connectivity index (χ2v) is 7.70. The second kappa shape index (κ2) is 7.36. The number of hydrogen-bond donors (Lipinski definition) is 0. The van der Waals surface area contributed by atoms with Crippen LogP contribution in [-0.2, 0) is 11.2 Å². The van der Waals surface area contributed by atoms with E-state index < -0.39 is 0 Å². The molecule has 0 spiro atoms. The molecule has 0 aliphatic carbocycles. The van der Waals surface area contributed by atoms with Crippen molar-refractivity contribution in [1.29, 1.82) is 0 Å². The second-order valence-electron chi connectivity index (χ2n) is 6.58. The first-order chi connectivity index (χ1) is 12.3. The number of amides is 1. The van der Waals surface area contributed by atoms with Gasteiger partial charge in [0.05, 0.1) is 21.3 Å². The number of benzene rings is 2. The van der Waals surface area contributed by atoms with Crippen molar-refractivity contribution in [2.75, 3.05) is 6.54 Å². The highest BCUT2D eigenvalue weighted by Crippen LogP contribution is 2.32. The molecule has 4 heteroatoms. The Kier molecular flexibility index (Phi) is 4.79.